The summed E-state index contributed by atoms with van der Waals surface area (Å²) < 4.78 is 27.5. The fourth-order valence-electron chi connectivity index (χ4n) is 2.74. The van der Waals surface area contributed by atoms with Gasteiger partial charge in [0.05, 0.1) is 4.90 Å². The summed E-state index contributed by atoms with van der Waals surface area (Å²) in [6, 6.07) is 4.88. The van der Waals surface area contributed by atoms with Crippen LogP contribution in [0.4, 0.5) is 5.69 Å². The molecule has 0 saturated carbocycles. The molecule has 1 aromatic rings. The van der Waals surface area contributed by atoms with Gasteiger partial charge in [0.25, 0.3) is 0 Å². The zero-order chi connectivity index (χ0) is 17.3. The van der Waals surface area contributed by atoms with Gasteiger partial charge in [0.15, 0.2) is 0 Å². The molecule has 1 heterocycles. The summed E-state index contributed by atoms with van der Waals surface area (Å²) in [5.41, 5.74) is 1.17. The van der Waals surface area contributed by atoms with Gasteiger partial charge in [-0.1, -0.05) is 13.8 Å². The van der Waals surface area contributed by atoms with Crippen LogP contribution in [0.15, 0.2) is 23.1 Å². The van der Waals surface area contributed by atoms with Gasteiger partial charge in [-0.3, -0.25) is 4.79 Å². The Morgan fingerprint density at radius 1 is 1.30 bits per heavy atom. The predicted octanol–water partition coefficient (Wildman–Crippen LogP) is 1.54. The van der Waals surface area contributed by atoms with Crippen LogP contribution in [0.25, 0.3) is 0 Å². The highest BCUT2D eigenvalue weighted by Crippen LogP contribution is 2.38. The summed E-state index contributed by atoms with van der Waals surface area (Å²) in [6.45, 7) is 5.13. The molecule has 0 spiro atoms. The van der Waals surface area contributed by atoms with E-state index in [1.165, 1.54) is 6.07 Å². The van der Waals surface area contributed by atoms with Crippen LogP contribution in [0.5, 0.6) is 0 Å². The number of anilines is 1. The Morgan fingerprint density at radius 2 is 2.00 bits per heavy atom. The fraction of sp³-hybridized carbons (Fsp3) is 0.562. The Hall–Kier alpha value is -1.44. The van der Waals surface area contributed by atoms with E-state index in [0.29, 0.717) is 18.7 Å². The zero-order valence-electron chi connectivity index (χ0n) is 14.1. The van der Waals surface area contributed by atoms with Crippen molar-refractivity contribution in [3.63, 3.8) is 0 Å². The molecule has 2 rings (SSSR count). The van der Waals surface area contributed by atoms with E-state index in [-0.39, 0.29) is 16.2 Å². The van der Waals surface area contributed by atoms with Gasteiger partial charge < -0.3 is 10.2 Å². The van der Waals surface area contributed by atoms with Crippen molar-refractivity contribution in [1.82, 2.24) is 9.62 Å². The van der Waals surface area contributed by atoms with Gasteiger partial charge in [0.1, 0.15) is 0 Å². The minimum atomic E-state index is -3.54. The number of nitrogens with zero attached hydrogens (tertiary/aromatic N) is 1. The molecule has 0 saturated heterocycles. The van der Waals surface area contributed by atoms with Crippen LogP contribution in [-0.2, 0) is 20.2 Å². The molecular formula is C16H25N3O3S. The largest absolute Gasteiger partial charge is 0.326 e. The maximum absolute atomic E-state index is 12.4. The van der Waals surface area contributed by atoms with Crippen molar-refractivity contribution in [2.24, 2.45) is 0 Å². The number of amides is 1. The molecule has 0 aliphatic carbocycles. The molecule has 2 N–H and O–H groups in total. The second-order valence-electron chi connectivity index (χ2n) is 6.87. The predicted molar refractivity (Wildman–Crippen MR) is 91.1 cm³/mol. The first-order valence-electron chi connectivity index (χ1n) is 7.71. The Morgan fingerprint density at radius 3 is 2.65 bits per heavy atom. The molecule has 1 amide bonds. The number of carbonyl (C=O) groups is 1. The molecule has 0 bridgehead atoms. The molecule has 23 heavy (non-hydrogen) atoms. The van der Waals surface area contributed by atoms with Gasteiger partial charge in [-0.15, -0.1) is 0 Å². The van der Waals surface area contributed by atoms with E-state index in [4.69, 9.17) is 0 Å². The number of sulfonamides is 1. The number of rotatable bonds is 6. The van der Waals surface area contributed by atoms with E-state index in [1.807, 2.05) is 32.8 Å². The highest BCUT2D eigenvalue weighted by atomic mass is 32.2. The van der Waals surface area contributed by atoms with Crippen LogP contribution >= 0.6 is 0 Å². The number of carbonyl (C=O) groups excluding carboxylic acids is 1. The normalized spacial score (nSPS) is 17.0. The molecule has 0 atom stereocenters. The van der Waals surface area contributed by atoms with Crippen molar-refractivity contribution in [3.8, 4) is 0 Å². The average Bonchev–Trinajstić information content (AvgIpc) is 2.42. The molecular weight excluding hydrogens is 314 g/mol. The summed E-state index contributed by atoms with van der Waals surface area (Å²) in [5, 5.41) is 2.80. The summed E-state index contributed by atoms with van der Waals surface area (Å²) in [6.07, 6.45) is 1.10. The lowest BCUT2D eigenvalue weighted by atomic mass is 9.78. The summed E-state index contributed by atoms with van der Waals surface area (Å²) in [5.74, 6) is -0.0417. The standard InChI is InChI=1S/C16H25N3O3S/c1-16(2)11-15(20)18-14-7-6-12(10-13(14)16)23(21,22)17-8-5-9-19(3)4/h6-7,10,17H,5,8-9,11H2,1-4H3,(H,18,20). The topological polar surface area (TPSA) is 78.5 Å². The molecule has 6 nitrogen and oxygen atoms in total. The molecule has 0 unspecified atom stereocenters. The number of benzene rings is 1. The minimum absolute atomic E-state index is 0.0417. The van der Waals surface area contributed by atoms with E-state index in [9.17, 15) is 13.2 Å². The number of fused-ring (bicyclic) bond motifs is 1. The van der Waals surface area contributed by atoms with Gasteiger partial charge in [0, 0.05) is 24.1 Å². The van der Waals surface area contributed by atoms with E-state index in [1.54, 1.807) is 12.1 Å². The van der Waals surface area contributed by atoms with Gasteiger partial charge in [0.2, 0.25) is 15.9 Å². The zero-order valence-corrected chi connectivity index (χ0v) is 15.0. The van der Waals surface area contributed by atoms with Crippen molar-refractivity contribution in [1.29, 1.82) is 0 Å². The van der Waals surface area contributed by atoms with Gasteiger partial charge in [-0.2, -0.15) is 0 Å². The van der Waals surface area contributed by atoms with Crippen molar-refractivity contribution < 1.29 is 13.2 Å². The van der Waals surface area contributed by atoms with Gasteiger partial charge >= 0.3 is 0 Å². The third kappa shape index (κ3) is 4.31. The van der Waals surface area contributed by atoms with E-state index >= 15 is 0 Å². The summed E-state index contributed by atoms with van der Waals surface area (Å²) in [7, 11) is 0.369. The molecule has 0 aromatic heterocycles. The first-order chi connectivity index (χ1) is 10.6. The van der Waals surface area contributed by atoms with Crippen molar-refractivity contribution >= 4 is 21.6 Å². The maximum atomic E-state index is 12.4. The van der Waals surface area contributed by atoms with Crippen molar-refractivity contribution in [2.45, 2.75) is 37.0 Å². The van der Waals surface area contributed by atoms with Crippen LogP contribution in [0.2, 0.25) is 0 Å². The van der Waals surface area contributed by atoms with E-state index in [0.717, 1.165) is 18.5 Å². The highest BCUT2D eigenvalue weighted by Gasteiger charge is 2.33. The van der Waals surface area contributed by atoms with Gasteiger partial charge in [-0.25, -0.2) is 13.1 Å². The lowest BCUT2D eigenvalue weighted by Crippen LogP contribution is -2.33. The van der Waals surface area contributed by atoms with Crippen molar-refractivity contribution in [3.05, 3.63) is 23.8 Å². The molecule has 1 aliphatic rings. The third-order valence-electron chi connectivity index (χ3n) is 3.98. The smallest absolute Gasteiger partial charge is 0.240 e. The quantitative estimate of drug-likeness (QED) is 0.771. The van der Waals surface area contributed by atoms with Crippen LogP contribution in [0, 0.1) is 0 Å². The molecule has 1 aromatic carbocycles. The van der Waals surface area contributed by atoms with Crippen molar-refractivity contribution in [2.75, 3.05) is 32.5 Å². The Kier molecular flexibility index (Phi) is 5.13. The Bertz CT molecular complexity index is 697. The lowest BCUT2D eigenvalue weighted by Gasteiger charge is -2.32. The highest BCUT2D eigenvalue weighted by molar-refractivity contribution is 7.89. The second kappa shape index (κ2) is 6.59. The SMILES string of the molecule is CN(C)CCCNS(=O)(=O)c1ccc2c(c1)C(C)(C)CC(=O)N2. The van der Waals surface area contributed by atoms with Crippen LogP contribution < -0.4 is 10.0 Å². The first kappa shape index (κ1) is 17.9. The number of nitrogens with one attached hydrogen (secondary N) is 2. The number of hydrogen-bond donors (Lipinski definition) is 2. The first-order valence-corrected chi connectivity index (χ1v) is 9.19. The molecule has 0 fully saturated rings. The Labute approximate surface area is 138 Å². The molecule has 1 aliphatic heterocycles. The monoisotopic (exact) mass is 339 g/mol. The third-order valence-corrected chi connectivity index (χ3v) is 5.44. The summed E-state index contributed by atoms with van der Waals surface area (Å²) in [4.78, 5) is 14.0. The maximum Gasteiger partial charge on any atom is 0.240 e. The Balaban J connectivity index is 2.19. The minimum Gasteiger partial charge on any atom is -0.326 e. The van der Waals surface area contributed by atoms with Crippen LogP contribution in [-0.4, -0.2) is 46.4 Å². The van der Waals surface area contributed by atoms with E-state index < -0.39 is 10.0 Å². The number of hydrogen-bond acceptors (Lipinski definition) is 4. The lowest BCUT2D eigenvalue weighted by molar-refractivity contribution is -0.117. The molecule has 0 radical (unpaired) electrons. The van der Waals surface area contributed by atoms with Crippen LogP contribution in [0.3, 0.4) is 0 Å². The van der Waals surface area contributed by atoms with E-state index in [2.05, 4.69) is 10.0 Å². The molecule has 7 heteroatoms. The summed E-state index contributed by atoms with van der Waals surface area (Å²) >= 11 is 0. The average molecular weight is 339 g/mol. The van der Waals surface area contributed by atoms with Gasteiger partial charge in [-0.05, 0) is 50.8 Å². The van der Waals surface area contributed by atoms with Crippen LogP contribution in [0.1, 0.15) is 32.3 Å². The fourth-order valence-corrected chi connectivity index (χ4v) is 3.84. The molecule has 128 valence electrons. The second-order valence-corrected chi connectivity index (χ2v) is 8.64.